The van der Waals surface area contributed by atoms with Gasteiger partial charge in [0, 0.05) is 21.7 Å². The number of rotatable bonds is 6. The second-order valence-corrected chi connectivity index (χ2v) is 6.88. The predicted molar refractivity (Wildman–Crippen MR) is 102 cm³/mol. The molecule has 3 aromatic rings. The van der Waals surface area contributed by atoms with Crippen molar-refractivity contribution in [3.8, 4) is 11.4 Å². The van der Waals surface area contributed by atoms with Crippen LogP contribution in [0.15, 0.2) is 35.0 Å². The molecule has 1 aromatic carbocycles. The van der Waals surface area contributed by atoms with Crippen LogP contribution >= 0.6 is 22.9 Å². The lowest BCUT2D eigenvalue weighted by atomic mass is 10.2. The maximum Gasteiger partial charge on any atom is 0.330 e. The molecule has 0 aliphatic heterocycles. The Morgan fingerprint density at radius 3 is 2.93 bits per heavy atom. The van der Waals surface area contributed by atoms with Gasteiger partial charge in [-0.25, -0.2) is 4.79 Å². The van der Waals surface area contributed by atoms with Gasteiger partial charge < -0.3 is 10.1 Å². The van der Waals surface area contributed by atoms with E-state index in [1.807, 2.05) is 16.8 Å². The lowest BCUT2D eigenvalue weighted by molar-refractivity contribution is -0.154. The van der Waals surface area contributed by atoms with Gasteiger partial charge in [0.1, 0.15) is 0 Å². The Morgan fingerprint density at radius 1 is 1.37 bits per heavy atom. The minimum atomic E-state index is -0.990. The van der Waals surface area contributed by atoms with Crippen molar-refractivity contribution in [2.24, 2.45) is 0 Å². The van der Waals surface area contributed by atoms with Crippen LogP contribution in [0.3, 0.4) is 0 Å². The summed E-state index contributed by atoms with van der Waals surface area (Å²) in [6.45, 7) is 3.03. The monoisotopic (exact) mass is 405 g/mol. The highest BCUT2D eigenvalue weighted by Crippen LogP contribution is 2.23. The van der Waals surface area contributed by atoms with E-state index in [2.05, 4.69) is 20.7 Å². The molecule has 1 atom stereocenters. The molecule has 140 valence electrons. The number of hydrogen-bond donors (Lipinski definition) is 1. The topological polar surface area (TPSA) is 99.0 Å². The SMILES string of the molecule is Cc1c(Cl)cccc1NC(=O)[C@H](C)OC(=O)Cn1nnc(-c2ccsc2)n1. The van der Waals surface area contributed by atoms with E-state index < -0.39 is 18.0 Å². The van der Waals surface area contributed by atoms with Gasteiger partial charge in [0.15, 0.2) is 12.6 Å². The fourth-order valence-corrected chi connectivity index (χ4v) is 3.01. The third-order valence-corrected chi connectivity index (χ3v) is 4.80. The zero-order valence-electron chi connectivity index (χ0n) is 14.5. The van der Waals surface area contributed by atoms with E-state index in [0.29, 0.717) is 16.5 Å². The molecule has 0 aliphatic carbocycles. The molecule has 1 amide bonds. The summed E-state index contributed by atoms with van der Waals surface area (Å²) in [5.74, 6) is -0.680. The maximum atomic E-state index is 12.2. The third kappa shape index (κ3) is 4.69. The van der Waals surface area contributed by atoms with E-state index in [1.54, 1.807) is 25.1 Å². The Balaban J connectivity index is 1.55. The van der Waals surface area contributed by atoms with E-state index in [1.165, 1.54) is 18.3 Å². The second-order valence-electron chi connectivity index (χ2n) is 5.69. The van der Waals surface area contributed by atoms with Crippen LogP contribution in [-0.2, 0) is 20.9 Å². The van der Waals surface area contributed by atoms with Crippen molar-refractivity contribution in [1.29, 1.82) is 0 Å². The first-order valence-electron chi connectivity index (χ1n) is 8.00. The van der Waals surface area contributed by atoms with Crippen molar-refractivity contribution in [3.63, 3.8) is 0 Å². The first-order valence-corrected chi connectivity index (χ1v) is 9.32. The lowest BCUT2D eigenvalue weighted by Gasteiger charge is -2.15. The zero-order chi connectivity index (χ0) is 19.4. The molecule has 0 fully saturated rings. The number of tetrazole rings is 1. The van der Waals surface area contributed by atoms with Gasteiger partial charge in [-0.05, 0) is 48.2 Å². The first kappa shape index (κ1) is 19.0. The van der Waals surface area contributed by atoms with Crippen molar-refractivity contribution >= 4 is 40.5 Å². The number of anilines is 1. The molecule has 0 saturated heterocycles. The fourth-order valence-electron chi connectivity index (χ4n) is 2.20. The standard InChI is InChI=1S/C17H16ClN5O3S/c1-10-13(18)4-3-5-14(10)19-17(25)11(2)26-15(24)8-23-21-16(20-22-23)12-6-7-27-9-12/h3-7,9,11H,8H2,1-2H3,(H,19,25)/t11-/m0/s1. The summed E-state index contributed by atoms with van der Waals surface area (Å²) in [5.41, 5.74) is 2.12. The smallest absolute Gasteiger partial charge is 0.330 e. The van der Waals surface area contributed by atoms with Crippen LogP contribution < -0.4 is 5.32 Å². The number of aromatic nitrogens is 4. The van der Waals surface area contributed by atoms with Crippen LogP contribution in [0.4, 0.5) is 5.69 Å². The minimum absolute atomic E-state index is 0.245. The quantitative estimate of drug-likeness (QED) is 0.633. The predicted octanol–water partition coefficient (Wildman–Crippen LogP) is 2.93. The van der Waals surface area contributed by atoms with E-state index in [-0.39, 0.29) is 6.54 Å². The zero-order valence-corrected chi connectivity index (χ0v) is 16.1. The Hall–Kier alpha value is -2.78. The van der Waals surface area contributed by atoms with Gasteiger partial charge in [-0.1, -0.05) is 17.7 Å². The Labute approximate surface area is 164 Å². The number of hydrogen-bond acceptors (Lipinski definition) is 7. The average molecular weight is 406 g/mol. The molecule has 3 rings (SSSR count). The highest BCUT2D eigenvalue weighted by molar-refractivity contribution is 7.08. The number of carbonyl (C=O) groups excluding carboxylic acids is 2. The molecule has 0 radical (unpaired) electrons. The molecular weight excluding hydrogens is 390 g/mol. The number of nitrogens with one attached hydrogen (secondary N) is 1. The van der Waals surface area contributed by atoms with Crippen molar-refractivity contribution < 1.29 is 14.3 Å². The van der Waals surface area contributed by atoms with E-state index >= 15 is 0 Å². The number of ether oxygens (including phenoxy) is 1. The molecule has 0 saturated carbocycles. The highest BCUT2D eigenvalue weighted by Gasteiger charge is 2.20. The first-order chi connectivity index (χ1) is 12.9. The summed E-state index contributed by atoms with van der Waals surface area (Å²) >= 11 is 7.54. The number of halogens is 1. The van der Waals surface area contributed by atoms with Crippen LogP contribution in [0.5, 0.6) is 0 Å². The van der Waals surface area contributed by atoms with E-state index in [0.717, 1.165) is 15.9 Å². The summed E-state index contributed by atoms with van der Waals surface area (Å²) in [5, 5.41) is 18.8. The summed E-state index contributed by atoms with van der Waals surface area (Å²) in [4.78, 5) is 25.4. The van der Waals surface area contributed by atoms with Gasteiger partial charge in [-0.3, -0.25) is 4.79 Å². The maximum absolute atomic E-state index is 12.2. The van der Waals surface area contributed by atoms with Gasteiger partial charge >= 0.3 is 5.97 Å². The van der Waals surface area contributed by atoms with Gasteiger partial charge in [0.25, 0.3) is 5.91 Å². The van der Waals surface area contributed by atoms with Crippen LogP contribution in [-0.4, -0.2) is 38.2 Å². The highest BCUT2D eigenvalue weighted by atomic mass is 35.5. The molecule has 0 unspecified atom stereocenters. The normalized spacial score (nSPS) is 11.8. The molecule has 0 aliphatic rings. The molecule has 0 spiro atoms. The van der Waals surface area contributed by atoms with Gasteiger partial charge in [-0.15, -0.1) is 10.2 Å². The summed E-state index contributed by atoms with van der Waals surface area (Å²) < 4.78 is 5.15. The van der Waals surface area contributed by atoms with E-state index in [4.69, 9.17) is 16.3 Å². The van der Waals surface area contributed by atoms with Crippen LogP contribution in [0.1, 0.15) is 12.5 Å². The number of carbonyl (C=O) groups is 2. The molecule has 27 heavy (non-hydrogen) atoms. The number of nitrogens with zero attached hydrogens (tertiary/aromatic N) is 4. The van der Waals surface area contributed by atoms with Crippen molar-refractivity contribution in [1.82, 2.24) is 20.2 Å². The molecule has 8 nitrogen and oxygen atoms in total. The Bertz CT molecular complexity index is 957. The molecular formula is C17H16ClN5O3S. The fraction of sp³-hybridized carbons (Fsp3) is 0.235. The third-order valence-electron chi connectivity index (χ3n) is 3.71. The van der Waals surface area contributed by atoms with Crippen molar-refractivity contribution in [3.05, 3.63) is 45.6 Å². The lowest BCUT2D eigenvalue weighted by Crippen LogP contribution is -2.31. The van der Waals surface area contributed by atoms with Crippen molar-refractivity contribution in [2.75, 3.05) is 5.32 Å². The molecule has 2 aromatic heterocycles. The second kappa shape index (κ2) is 8.28. The summed E-state index contributed by atoms with van der Waals surface area (Å²) in [6, 6.07) is 7.03. The van der Waals surface area contributed by atoms with Crippen molar-refractivity contribution in [2.45, 2.75) is 26.5 Å². The van der Waals surface area contributed by atoms with Gasteiger partial charge in [-0.2, -0.15) is 16.1 Å². The van der Waals surface area contributed by atoms with E-state index in [9.17, 15) is 9.59 Å². The number of amides is 1. The summed E-state index contributed by atoms with van der Waals surface area (Å²) in [7, 11) is 0. The van der Waals surface area contributed by atoms with Gasteiger partial charge in [0.2, 0.25) is 5.82 Å². The summed E-state index contributed by atoms with van der Waals surface area (Å²) in [6.07, 6.45) is -0.990. The molecule has 10 heteroatoms. The Morgan fingerprint density at radius 2 is 2.19 bits per heavy atom. The molecule has 0 bridgehead atoms. The van der Waals surface area contributed by atoms with Crippen LogP contribution in [0.2, 0.25) is 5.02 Å². The molecule has 1 N–H and O–H groups in total. The van der Waals surface area contributed by atoms with Crippen LogP contribution in [0, 0.1) is 6.92 Å². The Kier molecular flexibility index (Phi) is 5.82. The largest absolute Gasteiger partial charge is 0.451 e. The van der Waals surface area contributed by atoms with Crippen LogP contribution in [0.25, 0.3) is 11.4 Å². The minimum Gasteiger partial charge on any atom is -0.451 e. The average Bonchev–Trinajstić information content (AvgIpc) is 3.30. The van der Waals surface area contributed by atoms with Gasteiger partial charge in [0.05, 0.1) is 0 Å². The molecule has 2 heterocycles. The number of benzene rings is 1. The number of thiophene rings is 1. The number of esters is 1.